The van der Waals surface area contributed by atoms with Gasteiger partial charge < -0.3 is 23.6 Å². The molecule has 2 aromatic heterocycles. The highest BCUT2D eigenvalue weighted by molar-refractivity contribution is 6.12. The third-order valence-electron chi connectivity index (χ3n) is 5.94. The first kappa shape index (κ1) is 28.6. The number of carbonyl (C=O) groups is 1. The average molecular weight is 556 g/mol. The summed E-state index contributed by atoms with van der Waals surface area (Å²) in [6.07, 6.45) is -4.05. The van der Waals surface area contributed by atoms with E-state index in [9.17, 15) is 18.0 Å². The van der Waals surface area contributed by atoms with Gasteiger partial charge in [-0.05, 0) is 35.9 Å². The molecule has 4 aromatic rings. The number of fused-ring (bicyclic) bond motifs is 1. The zero-order chi connectivity index (χ0) is 28.5. The van der Waals surface area contributed by atoms with Crippen LogP contribution < -0.4 is 4.74 Å². The molecule has 0 bridgehead atoms. The van der Waals surface area contributed by atoms with Gasteiger partial charge in [0.2, 0.25) is 0 Å². The normalized spacial score (nSPS) is 12.8. The van der Waals surface area contributed by atoms with Crippen molar-refractivity contribution in [1.82, 2.24) is 9.55 Å². The molecule has 2 aromatic carbocycles. The molecule has 1 atom stereocenters. The highest BCUT2D eigenvalue weighted by Crippen LogP contribution is 2.20. The summed E-state index contributed by atoms with van der Waals surface area (Å²) in [6.45, 7) is -0.684. The van der Waals surface area contributed by atoms with Gasteiger partial charge >= 0.3 is 12.1 Å². The molecule has 1 unspecified atom stereocenters. The molecule has 0 aliphatic rings. The lowest BCUT2D eigenvalue weighted by molar-refractivity contribution is -0.193. The van der Waals surface area contributed by atoms with Gasteiger partial charge in [-0.1, -0.05) is 47.6 Å². The zero-order valence-electron chi connectivity index (χ0n) is 21.9. The fourth-order valence-electron chi connectivity index (χ4n) is 4.04. The number of pyridine rings is 1. The van der Waals surface area contributed by atoms with Gasteiger partial charge in [-0.15, -0.1) is 0 Å². The van der Waals surface area contributed by atoms with Crippen molar-refractivity contribution in [3.8, 4) is 5.75 Å². The minimum Gasteiger partial charge on any atom is -0.492 e. The summed E-state index contributed by atoms with van der Waals surface area (Å²) >= 11 is 0. The summed E-state index contributed by atoms with van der Waals surface area (Å²) in [4.78, 5) is 21.7. The van der Waals surface area contributed by atoms with E-state index in [0.717, 1.165) is 23.7 Å². The van der Waals surface area contributed by atoms with E-state index in [1.165, 1.54) is 7.11 Å². The number of rotatable bonds is 12. The van der Waals surface area contributed by atoms with Crippen molar-refractivity contribution < 1.29 is 37.0 Å². The first-order valence-corrected chi connectivity index (χ1v) is 12.4. The highest BCUT2D eigenvalue weighted by atomic mass is 19.4. The molecule has 0 spiro atoms. The average Bonchev–Trinajstić information content (AvgIpc) is 3.36. The Morgan fingerprint density at radius 3 is 2.42 bits per heavy atom. The summed E-state index contributed by atoms with van der Waals surface area (Å²) in [5.74, 6) is -0.303. The van der Waals surface area contributed by atoms with Gasteiger partial charge in [0.1, 0.15) is 37.4 Å². The van der Waals surface area contributed by atoms with Crippen molar-refractivity contribution in [3.05, 3.63) is 95.8 Å². The molecule has 2 heterocycles. The van der Waals surface area contributed by atoms with Crippen molar-refractivity contribution >= 4 is 22.7 Å². The van der Waals surface area contributed by atoms with Crippen LogP contribution in [0, 0.1) is 0 Å². The molecule has 40 heavy (non-hydrogen) atoms. The van der Waals surface area contributed by atoms with Crippen LogP contribution in [0.15, 0.2) is 84.1 Å². The van der Waals surface area contributed by atoms with E-state index in [0.29, 0.717) is 35.9 Å². The Balaban J connectivity index is 1.39. The van der Waals surface area contributed by atoms with Crippen LogP contribution in [0.5, 0.6) is 5.75 Å². The van der Waals surface area contributed by atoms with Gasteiger partial charge in [0.15, 0.2) is 6.10 Å². The molecule has 0 aliphatic carbocycles. The number of halogens is 3. The standard InChI is InChI=1S/C29H28F3N3O5/c1-37-28(36)25(40-19-29(30,31)32)18-20-8-11-23(12-9-20)39-17-16-35-15-14-22-10-13-24(33-27(22)35)26(34-38-2)21-6-4-3-5-7-21/h3-15,25H,16-19H2,1-2H3/b34-26+. The van der Waals surface area contributed by atoms with Gasteiger partial charge in [-0.3, -0.25) is 0 Å². The summed E-state index contributed by atoms with van der Waals surface area (Å²) in [7, 11) is 2.59. The highest BCUT2D eigenvalue weighted by Gasteiger charge is 2.32. The van der Waals surface area contributed by atoms with E-state index in [1.54, 1.807) is 24.3 Å². The van der Waals surface area contributed by atoms with Gasteiger partial charge in [-0.25, -0.2) is 9.78 Å². The molecule has 0 saturated heterocycles. The van der Waals surface area contributed by atoms with Crippen LogP contribution in [0.2, 0.25) is 0 Å². The monoisotopic (exact) mass is 555 g/mol. The Labute approximate surface area is 228 Å². The Hall–Kier alpha value is -4.38. The second kappa shape index (κ2) is 13.1. The summed E-state index contributed by atoms with van der Waals surface area (Å²) in [5.41, 5.74) is 3.54. The van der Waals surface area contributed by atoms with E-state index < -0.39 is 24.9 Å². The van der Waals surface area contributed by atoms with Crippen molar-refractivity contribution in [2.45, 2.75) is 25.2 Å². The molecule has 0 fully saturated rings. The smallest absolute Gasteiger partial charge is 0.411 e. The van der Waals surface area contributed by atoms with Gasteiger partial charge in [-0.2, -0.15) is 13.2 Å². The molecular weight excluding hydrogens is 527 g/mol. The zero-order valence-corrected chi connectivity index (χ0v) is 21.9. The maximum absolute atomic E-state index is 12.5. The maximum Gasteiger partial charge on any atom is 0.411 e. The van der Waals surface area contributed by atoms with Crippen molar-refractivity contribution in [3.63, 3.8) is 0 Å². The topological polar surface area (TPSA) is 84.2 Å². The van der Waals surface area contributed by atoms with Crippen LogP contribution >= 0.6 is 0 Å². The van der Waals surface area contributed by atoms with Crippen LogP contribution in [-0.4, -0.2) is 60.9 Å². The minimum atomic E-state index is -4.55. The Morgan fingerprint density at radius 2 is 1.75 bits per heavy atom. The van der Waals surface area contributed by atoms with Crippen molar-refractivity contribution in [2.24, 2.45) is 5.16 Å². The van der Waals surface area contributed by atoms with Crippen LogP contribution in [-0.2, 0) is 32.1 Å². The molecule has 0 saturated carbocycles. The van der Waals surface area contributed by atoms with Gasteiger partial charge in [0, 0.05) is 23.6 Å². The second-order valence-corrected chi connectivity index (χ2v) is 8.74. The number of esters is 1. The Morgan fingerprint density at radius 1 is 1.00 bits per heavy atom. The summed E-state index contributed by atoms with van der Waals surface area (Å²) in [5, 5.41) is 5.15. The fraction of sp³-hybridized carbons (Fsp3) is 0.276. The van der Waals surface area contributed by atoms with Crippen molar-refractivity contribution in [2.75, 3.05) is 27.4 Å². The predicted octanol–water partition coefficient (Wildman–Crippen LogP) is 5.18. The Bertz CT molecular complexity index is 1440. The fourth-order valence-corrected chi connectivity index (χ4v) is 4.04. The van der Waals surface area contributed by atoms with Crippen LogP contribution in [0.1, 0.15) is 16.8 Å². The molecule has 0 amide bonds. The first-order valence-electron chi connectivity index (χ1n) is 12.4. The quantitative estimate of drug-likeness (QED) is 0.136. The number of hydrogen-bond acceptors (Lipinski definition) is 7. The third kappa shape index (κ3) is 7.60. The van der Waals surface area contributed by atoms with Crippen molar-refractivity contribution in [1.29, 1.82) is 0 Å². The van der Waals surface area contributed by atoms with Crippen LogP contribution in [0.3, 0.4) is 0 Å². The molecule has 210 valence electrons. The number of benzene rings is 2. The first-order chi connectivity index (χ1) is 19.3. The number of oxime groups is 1. The van der Waals surface area contributed by atoms with E-state index in [4.69, 9.17) is 19.3 Å². The molecule has 8 nitrogen and oxygen atoms in total. The van der Waals surface area contributed by atoms with E-state index in [2.05, 4.69) is 9.89 Å². The Kier molecular flexibility index (Phi) is 9.39. The lowest BCUT2D eigenvalue weighted by atomic mass is 10.1. The lowest BCUT2D eigenvalue weighted by Gasteiger charge is -2.17. The molecule has 0 aliphatic heterocycles. The number of ether oxygens (including phenoxy) is 3. The molecule has 0 radical (unpaired) electrons. The molecule has 0 N–H and O–H groups in total. The largest absolute Gasteiger partial charge is 0.492 e. The van der Waals surface area contributed by atoms with Crippen LogP contribution in [0.25, 0.3) is 11.0 Å². The number of aromatic nitrogens is 2. The molecule has 11 heteroatoms. The van der Waals surface area contributed by atoms with E-state index >= 15 is 0 Å². The van der Waals surface area contributed by atoms with Gasteiger partial charge in [0.25, 0.3) is 0 Å². The maximum atomic E-state index is 12.5. The SMILES string of the molecule is CO/N=C(\c1ccccc1)c1ccc2ccn(CCOc3ccc(CC(OCC(F)(F)F)C(=O)OC)cc3)c2n1. The summed E-state index contributed by atoms with van der Waals surface area (Å²) < 4.78 is 54.7. The molecule has 4 rings (SSSR count). The van der Waals surface area contributed by atoms with E-state index in [1.807, 2.05) is 59.3 Å². The lowest BCUT2D eigenvalue weighted by Crippen LogP contribution is -2.32. The second-order valence-electron chi connectivity index (χ2n) is 8.74. The van der Waals surface area contributed by atoms with Crippen LogP contribution in [0.4, 0.5) is 13.2 Å². The number of alkyl halides is 3. The minimum absolute atomic E-state index is 0.0657. The molecular formula is C29H28F3N3O5. The summed E-state index contributed by atoms with van der Waals surface area (Å²) in [6, 6.07) is 22.2. The number of methoxy groups -OCH3 is 1. The predicted molar refractivity (Wildman–Crippen MR) is 142 cm³/mol. The van der Waals surface area contributed by atoms with Gasteiger partial charge in [0.05, 0.1) is 19.3 Å². The number of hydrogen-bond donors (Lipinski definition) is 0. The van der Waals surface area contributed by atoms with E-state index in [-0.39, 0.29) is 6.42 Å². The third-order valence-corrected chi connectivity index (χ3v) is 5.94. The number of nitrogens with zero attached hydrogens (tertiary/aromatic N) is 3. The number of carbonyl (C=O) groups excluding carboxylic acids is 1.